The molecule has 1 aromatic heterocycles. The molecule has 16 heavy (non-hydrogen) atoms. The fraction of sp³-hybridized carbons (Fsp3) is 0.250. The maximum atomic E-state index is 8.53. The quantitative estimate of drug-likeness (QED) is 0.847. The van der Waals surface area contributed by atoms with Crippen LogP contribution in [0.3, 0.4) is 0 Å². The lowest BCUT2D eigenvalue weighted by Crippen LogP contribution is -1.85. The van der Waals surface area contributed by atoms with Gasteiger partial charge in [0.1, 0.15) is 5.82 Å². The molecule has 1 aromatic carbocycles. The Hall–Kier alpha value is -2.15. The number of hydrogen-bond acceptors (Lipinski definition) is 3. The first-order valence-corrected chi connectivity index (χ1v) is 5.21. The van der Waals surface area contributed by atoms with Gasteiger partial charge in [-0.05, 0) is 12.0 Å². The monoisotopic (exact) mass is 212 g/mol. The number of nitrogens with zero attached hydrogens (tertiary/aromatic N) is 3. The van der Waals surface area contributed by atoms with E-state index in [0.717, 1.165) is 12.0 Å². The molecule has 0 unspecified atom stereocenters. The van der Waals surface area contributed by atoms with Gasteiger partial charge in [0.05, 0.1) is 12.5 Å². The summed E-state index contributed by atoms with van der Waals surface area (Å²) in [5, 5.41) is 15.4. The summed E-state index contributed by atoms with van der Waals surface area (Å²) in [6, 6.07) is 10.2. The largest absolute Gasteiger partial charge is 0.262 e. The molecule has 0 aliphatic heterocycles. The van der Waals surface area contributed by atoms with Crippen LogP contribution >= 0.6 is 0 Å². The maximum Gasteiger partial charge on any atom is 0.181 e. The Morgan fingerprint density at radius 3 is 2.69 bits per heavy atom. The summed E-state index contributed by atoms with van der Waals surface area (Å²) < 4.78 is 0. The number of aryl methyl sites for hydroxylation is 1. The van der Waals surface area contributed by atoms with E-state index in [1.165, 1.54) is 5.56 Å². The zero-order valence-electron chi connectivity index (χ0n) is 9.07. The fourth-order valence-corrected chi connectivity index (χ4v) is 1.47. The fourth-order valence-electron chi connectivity index (χ4n) is 1.47. The van der Waals surface area contributed by atoms with Crippen molar-refractivity contribution in [1.29, 1.82) is 5.26 Å². The summed E-state index contributed by atoms with van der Waals surface area (Å²) in [6.07, 6.45) is 1.29. The minimum atomic E-state index is 0.264. The number of benzene rings is 1. The van der Waals surface area contributed by atoms with Crippen molar-refractivity contribution in [2.75, 3.05) is 0 Å². The zero-order chi connectivity index (χ0) is 11.4. The van der Waals surface area contributed by atoms with Crippen LogP contribution in [0.15, 0.2) is 24.3 Å². The molecule has 0 aliphatic rings. The number of aromatic amines is 1. The minimum absolute atomic E-state index is 0.264. The predicted octanol–water partition coefficient (Wildman–Crippen LogP) is 2.10. The van der Waals surface area contributed by atoms with Gasteiger partial charge in [-0.3, -0.25) is 5.10 Å². The van der Waals surface area contributed by atoms with Crippen LogP contribution < -0.4 is 0 Å². The first kappa shape index (κ1) is 10.4. The van der Waals surface area contributed by atoms with Gasteiger partial charge in [-0.15, -0.1) is 0 Å². The molecule has 4 nitrogen and oxygen atoms in total. The van der Waals surface area contributed by atoms with Crippen molar-refractivity contribution < 1.29 is 0 Å². The van der Waals surface area contributed by atoms with Crippen LogP contribution in [0.1, 0.15) is 18.3 Å². The summed E-state index contributed by atoms with van der Waals surface area (Å²) in [5.41, 5.74) is 2.26. The number of hydrogen-bond donors (Lipinski definition) is 1. The Balaban J connectivity index is 2.25. The summed E-state index contributed by atoms with van der Waals surface area (Å²) in [6.45, 7) is 2.12. The third-order valence-corrected chi connectivity index (χ3v) is 2.40. The molecule has 2 rings (SSSR count). The first-order valence-electron chi connectivity index (χ1n) is 5.21. The van der Waals surface area contributed by atoms with E-state index in [2.05, 4.69) is 34.2 Å². The standard InChI is InChI=1S/C12H12N4/c1-2-9-3-5-10(6-4-9)12-14-11(7-8-13)15-16-12/h3-6H,2,7H2,1H3,(H,14,15,16). The normalized spacial score (nSPS) is 10.0. The van der Waals surface area contributed by atoms with Gasteiger partial charge in [0.15, 0.2) is 5.82 Å². The van der Waals surface area contributed by atoms with Crippen LogP contribution in [-0.4, -0.2) is 15.2 Å². The molecule has 0 saturated carbocycles. The maximum absolute atomic E-state index is 8.53. The predicted molar refractivity (Wildman–Crippen MR) is 60.5 cm³/mol. The Bertz CT molecular complexity index is 505. The van der Waals surface area contributed by atoms with Crippen molar-refractivity contribution in [2.24, 2.45) is 0 Å². The van der Waals surface area contributed by atoms with Gasteiger partial charge >= 0.3 is 0 Å². The highest BCUT2D eigenvalue weighted by Gasteiger charge is 2.04. The summed E-state index contributed by atoms with van der Waals surface area (Å²) in [5.74, 6) is 1.25. The molecule has 80 valence electrons. The number of nitrogens with one attached hydrogen (secondary N) is 1. The molecular weight excluding hydrogens is 200 g/mol. The molecule has 1 heterocycles. The van der Waals surface area contributed by atoms with E-state index in [0.29, 0.717) is 11.6 Å². The average molecular weight is 212 g/mol. The molecule has 0 amide bonds. The molecule has 0 spiro atoms. The van der Waals surface area contributed by atoms with E-state index in [4.69, 9.17) is 5.26 Å². The highest BCUT2D eigenvalue weighted by atomic mass is 15.2. The molecule has 0 fully saturated rings. The van der Waals surface area contributed by atoms with Gasteiger partial charge in [0.25, 0.3) is 0 Å². The Kier molecular flexibility index (Phi) is 2.97. The van der Waals surface area contributed by atoms with Crippen LogP contribution in [0.4, 0.5) is 0 Å². The van der Waals surface area contributed by atoms with Crippen molar-refractivity contribution in [3.63, 3.8) is 0 Å². The zero-order valence-corrected chi connectivity index (χ0v) is 9.07. The van der Waals surface area contributed by atoms with Crippen molar-refractivity contribution in [2.45, 2.75) is 19.8 Å². The smallest absolute Gasteiger partial charge is 0.181 e. The second-order valence-corrected chi connectivity index (χ2v) is 3.49. The summed E-state index contributed by atoms with van der Waals surface area (Å²) >= 11 is 0. The van der Waals surface area contributed by atoms with E-state index >= 15 is 0 Å². The van der Waals surface area contributed by atoms with Gasteiger partial charge in [0.2, 0.25) is 0 Å². The molecule has 0 aliphatic carbocycles. The molecule has 0 bridgehead atoms. The lowest BCUT2D eigenvalue weighted by atomic mass is 10.1. The topological polar surface area (TPSA) is 65.4 Å². The third-order valence-electron chi connectivity index (χ3n) is 2.40. The molecule has 4 heteroatoms. The van der Waals surface area contributed by atoms with E-state index < -0.39 is 0 Å². The Morgan fingerprint density at radius 1 is 1.31 bits per heavy atom. The van der Waals surface area contributed by atoms with Crippen LogP contribution in [0.5, 0.6) is 0 Å². The highest BCUT2D eigenvalue weighted by molar-refractivity contribution is 5.54. The van der Waals surface area contributed by atoms with E-state index in [1.54, 1.807) is 0 Å². The Labute approximate surface area is 94.0 Å². The van der Waals surface area contributed by atoms with Crippen LogP contribution in [0.25, 0.3) is 11.4 Å². The summed E-state index contributed by atoms with van der Waals surface area (Å²) in [4.78, 5) is 4.24. The lowest BCUT2D eigenvalue weighted by molar-refractivity contribution is 0.996. The van der Waals surface area contributed by atoms with E-state index in [9.17, 15) is 0 Å². The summed E-state index contributed by atoms with van der Waals surface area (Å²) in [7, 11) is 0. The second-order valence-electron chi connectivity index (χ2n) is 3.49. The van der Waals surface area contributed by atoms with Gasteiger partial charge in [-0.1, -0.05) is 31.2 Å². The van der Waals surface area contributed by atoms with Crippen LogP contribution in [0.2, 0.25) is 0 Å². The van der Waals surface area contributed by atoms with Gasteiger partial charge in [-0.2, -0.15) is 10.4 Å². The molecule has 0 saturated heterocycles. The van der Waals surface area contributed by atoms with Crippen molar-refractivity contribution >= 4 is 0 Å². The molecule has 2 aromatic rings. The lowest BCUT2D eigenvalue weighted by Gasteiger charge is -1.97. The molecule has 1 N–H and O–H groups in total. The van der Waals surface area contributed by atoms with Gasteiger partial charge in [-0.25, -0.2) is 4.98 Å². The van der Waals surface area contributed by atoms with Crippen LogP contribution in [0, 0.1) is 11.3 Å². The minimum Gasteiger partial charge on any atom is -0.262 e. The van der Waals surface area contributed by atoms with E-state index in [-0.39, 0.29) is 6.42 Å². The van der Waals surface area contributed by atoms with Crippen molar-refractivity contribution in [3.05, 3.63) is 35.7 Å². The van der Waals surface area contributed by atoms with Crippen molar-refractivity contribution in [1.82, 2.24) is 15.2 Å². The molecule has 0 atom stereocenters. The van der Waals surface area contributed by atoms with E-state index in [1.807, 2.05) is 18.2 Å². The third kappa shape index (κ3) is 2.09. The van der Waals surface area contributed by atoms with Crippen LogP contribution in [-0.2, 0) is 12.8 Å². The Morgan fingerprint density at radius 2 is 2.06 bits per heavy atom. The highest BCUT2D eigenvalue weighted by Crippen LogP contribution is 2.15. The average Bonchev–Trinajstić information content (AvgIpc) is 2.78. The number of H-pyrrole nitrogens is 1. The second kappa shape index (κ2) is 4.58. The molecular formula is C12H12N4. The van der Waals surface area contributed by atoms with Gasteiger partial charge < -0.3 is 0 Å². The van der Waals surface area contributed by atoms with Gasteiger partial charge in [0, 0.05) is 5.56 Å². The number of aromatic nitrogens is 3. The van der Waals surface area contributed by atoms with Crippen molar-refractivity contribution in [3.8, 4) is 17.5 Å². The SMILES string of the molecule is CCc1ccc(-c2n[nH]c(CC#N)n2)cc1. The number of rotatable bonds is 3. The molecule has 0 radical (unpaired) electrons. The first-order chi connectivity index (χ1) is 7.83. The number of nitriles is 1.